The lowest BCUT2D eigenvalue weighted by Gasteiger charge is -2.20. The topological polar surface area (TPSA) is 212 Å². The maximum absolute atomic E-state index is 12.7. The summed E-state index contributed by atoms with van der Waals surface area (Å²) in [6.45, 7) is 1.42. The third-order valence-electron chi connectivity index (χ3n) is 9.03. The molecule has 0 aromatic carbocycles. The zero-order valence-electron chi connectivity index (χ0n) is 37.4. The molecule has 0 saturated carbocycles. The largest absolute Gasteiger partial charge is 0.472 e. The molecule has 0 aromatic heterocycles. The van der Waals surface area contributed by atoms with Gasteiger partial charge in [-0.05, 0) is 76.7 Å². The van der Waals surface area contributed by atoms with E-state index in [1.54, 1.807) is 12.2 Å². The van der Waals surface area contributed by atoms with Crippen LogP contribution in [0.3, 0.4) is 0 Å². The lowest BCUT2D eigenvalue weighted by Crippen LogP contribution is -2.30. The number of carbonyl (C=O) groups is 3. The predicted octanol–water partition coefficient (Wildman–Crippen LogP) is 11.0. The molecule has 0 aliphatic carbocycles. The third-order valence-corrected chi connectivity index (χ3v) is 10.5. The summed E-state index contributed by atoms with van der Waals surface area (Å²) in [7, 11) is -9.76. The Morgan fingerprint density at radius 2 is 1.00 bits per heavy atom. The summed E-state index contributed by atoms with van der Waals surface area (Å²) < 4.78 is 47.6. The van der Waals surface area contributed by atoms with Crippen molar-refractivity contribution in [2.75, 3.05) is 26.4 Å². The monoisotopic (exact) mass is 916 g/mol. The molecule has 0 saturated heterocycles. The number of phosphoric ester groups is 2. The summed E-state index contributed by atoms with van der Waals surface area (Å²) >= 11 is 0. The van der Waals surface area contributed by atoms with Crippen LogP contribution in [0.5, 0.6) is 0 Å². The van der Waals surface area contributed by atoms with Gasteiger partial charge in [-0.1, -0.05) is 138 Å². The summed E-state index contributed by atoms with van der Waals surface area (Å²) in [5.74, 6) is -1.46. The predicted molar refractivity (Wildman–Crippen MR) is 244 cm³/mol. The number of aliphatic hydroxyl groups is 1. The maximum Gasteiger partial charge on any atom is 0.472 e. The molecule has 16 heteroatoms. The maximum atomic E-state index is 12.7. The molecule has 0 rings (SSSR count). The molecule has 0 fully saturated rings. The van der Waals surface area contributed by atoms with Gasteiger partial charge in [0.2, 0.25) is 0 Å². The van der Waals surface area contributed by atoms with Crippen molar-refractivity contribution in [2.24, 2.45) is 0 Å². The Labute approximate surface area is 371 Å². The number of rotatable bonds is 42. The number of ether oxygens (including phenoxy) is 2. The Bertz CT molecular complexity index is 1430. The first-order valence-electron chi connectivity index (χ1n) is 22.6. The fraction of sp³-hybridized carbons (Fsp3) is 0.674. The molecule has 62 heavy (non-hydrogen) atoms. The van der Waals surface area contributed by atoms with E-state index in [2.05, 4.69) is 71.5 Å². The molecule has 1 unspecified atom stereocenters. The van der Waals surface area contributed by atoms with Crippen LogP contribution < -0.4 is 0 Å². The smallest absolute Gasteiger partial charge is 0.462 e. The van der Waals surface area contributed by atoms with Crippen molar-refractivity contribution in [3.63, 3.8) is 0 Å². The minimum atomic E-state index is -4.89. The summed E-state index contributed by atoms with van der Waals surface area (Å²) in [5.41, 5.74) is 0. The second kappa shape index (κ2) is 41.0. The van der Waals surface area contributed by atoms with Crippen LogP contribution in [0.15, 0.2) is 72.9 Å². The standard InChI is InChI=1S/C46H78O14P2/c1-3-5-7-9-11-13-15-17-18-19-20-22-24-26-28-30-32-36-46(50)60-44(41-59-62(54,55)58-39-43(48)38-57-61(51,52)53)40-56-45(49)37-33-35-42(47)34-31-29-27-25-23-21-16-14-12-10-8-6-4-2/h11-14,17-18,21,23,27,29,31,34,43-44,48H,3-10,15-16,19-20,22,24-26,28,30,32-33,35-41H2,1-2H3,(H,54,55)(H2,51,52,53)/b13-11-,14-12-,18-17-,23-21-,29-27-,34-31+/t43-,44+/m0/s1. The van der Waals surface area contributed by atoms with Crippen LogP contribution in [-0.4, -0.2) is 76.1 Å². The van der Waals surface area contributed by atoms with Crippen LogP contribution in [0.1, 0.15) is 162 Å². The summed E-state index contributed by atoms with van der Waals surface area (Å²) in [4.78, 5) is 64.9. The van der Waals surface area contributed by atoms with E-state index in [0.717, 1.165) is 77.0 Å². The first kappa shape index (κ1) is 59.2. The van der Waals surface area contributed by atoms with E-state index in [9.17, 15) is 33.5 Å². The van der Waals surface area contributed by atoms with E-state index in [-0.39, 0.29) is 31.5 Å². The van der Waals surface area contributed by atoms with Crippen molar-refractivity contribution in [3.05, 3.63) is 72.9 Å². The number of aliphatic hydroxyl groups excluding tert-OH is 1. The molecule has 0 amide bonds. The third kappa shape index (κ3) is 43.9. The van der Waals surface area contributed by atoms with Gasteiger partial charge in [-0.3, -0.25) is 28.0 Å². The number of esters is 2. The SMILES string of the molecule is CCCCC/C=C\C/C=C\C/C=C\C=C\C(=O)CCCC(=O)OC[C@H](COP(=O)(O)OC[C@@H](O)COP(=O)(O)O)OC(=O)CCCCCCCCC/C=C\C/C=C\CCCCC. The van der Waals surface area contributed by atoms with Crippen molar-refractivity contribution in [1.29, 1.82) is 0 Å². The van der Waals surface area contributed by atoms with Gasteiger partial charge in [0.1, 0.15) is 12.7 Å². The Balaban J connectivity index is 4.70. The normalized spacial score (nSPS) is 14.5. The fourth-order valence-corrected chi connectivity index (χ4v) is 6.72. The number of phosphoric acid groups is 2. The molecular weight excluding hydrogens is 838 g/mol. The number of unbranched alkanes of at least 4 members (excludes halogenated alkanes) is 13. The number of ketones is 1. The van der Waals surface area contributed by atoms with Crippen LogP contribution in [0.4, 0.5) is 0 Å². The lowest BCUT2D eigenvalue weighted by molar-refractivity contribution is -0.161. The van der Waals surface area contributed by atoms with Gasteiger partial charge in [0.05, 0.1) is 19.8 Å². The van der Waals surface area contributed by atoms with Crippen molar-refractivity contribution >= 4 is 33.4 Å². The zero-order chi connectivity index (χ0) is 46.0. The Hall–Kier alpha value is -2.77. The second-order valence-electron chi connectivity index (χ2n) is 15.0. The number of hydrogen-bond acceptors (Lipinski definition) is 11. The number of carbonyl (C=O) groups excluding carboxylic acids is 3. The van der Waals surface area contributed by atoms with Crippen LogP contribution in [-0.2, 0) is 46.6 Å². The van der Waals surface area contributed by atoms with Crippen LogP contribution in [0.25, 0.3) is 0 Å². The fourth-order valence-electron chi connectivity index (χ4n) is 5.57. The highest BCUT2D eigenvalue weighted by molar-refractivity contribution is 7.47. The first-order valence-corrected chi connectivity index (χ1v) is 25.6. The molecule has 0 heterocycles. The molecule has 0 spiro atoms. The van der Waals surface area contributed by atoms with Gasteiger partial charge in [0, 0.05) is 19.3 Å². The molecule has 14 nitrogen and oxygen atoms in total. The number of allylic oxidation sites excluding steroid dienone is 12. The van der Waals surface area contributed by atoms with E-state index in [1.807, 2.05) is 6.08 Å². The van der Waals surface area contributed by atoms with E-state index >= 15 is 0 Å². The minimum Gasteiger partial charge on any atom is -0.462 e. The molecule has 356 valence electrons. The first-order chi connectivity index (χ1) is 29.8. The number of hydrogen-bond donors (Lipinski definition) is 4. The molecule has 0 aromatic rings. The second-order valence-corrected chi connectivity index (χ2v) is 17.7. The summed E-state index contributed by atoms with van der Waals surface area (Å²) in [6, 6.07) is 0. The highest BCUT2D eigenvalue weighted by Crippen LogP contribution is 2.43. The van der Waals surface area contributed by atoms with Gasteiger partial charge in [0.15, 0.2) is 11.9 Å². The molecule has 0 bridgehead atoms. The van der Waals surface area contributed by atoms with Crippen LogP contribution in [0, 0.1) is 0 Å². The van der Waals surface area contributed by atoms with Crippen LogP contribution >= 0.6 is 15.6 Å². The van der Waals surface area contributed by atoms with Gasteiger partial charge in [-0.15, -0.1) is 0 Å². The summed E-state index contributed by atoms with van der Waals surface area (Å²) in [6.07, 6.45) is 41.8. The van der Waals surface area contributed by atoms with Crippen LogP contribution in [0.2, 0.25) is 0 Å². The van der Waals surface area contributed by atoms with Gasteiger partial charge in [-0.2, -0.15) is 0 Å². The zero-order valence-corrected chi connectivity index (χ0v) is 39.2. The molecule has 0 radical (unpaired) electrons. The highest BCUT2D eigenvalue weighted by Gasteiger charge is 2.28. The van der Waals surface area contributed by atoms with Gasteiger partial charge < -0.3 is 29.3 Å². The molecule has 0 aliphatic rings. The molecule has 3 atom stereocenters. The molecular formula is C46H78O14P2. The van der Waals surface area contributed by atoms with E-state index < -0.39 is 66.2 Å². The van der Waals surface area contributed by atoms with E-state index in [1.165, 1.54) is 44.6 Å². The molecule has 0 aliphatic heterocycles. The molecule has 4 N–H and O–H groups in total. The van der Waals surface area contributed by atoms with Crippen molar-refractivity contribution < 1.29 is 66.3 Å². The highest BCUT2D eigenvalue weighted by atomic mass is 31.2. The van der Waals surface area contributed by atoms with E-state index in [0.29, 0.717) is 6.42 Å². The van der Waals surface area contributed by atoms with Crippen molar-refractivity contribution in [2.45, 2.75) is 174 Å². The van der Waals surface area contributed by atoms with Gasteiger partial charge >= 0.3 is 27.6 Å². The van der Waals surface area contributed by atoms with Gasteiger partial charge in [0.25, 0.3) is 0 Å². The average molecular weight is 917 g/mol. The van der Waals surface area contributed by atoms with Crippen molar-refractivity contribution in [3.8, 4) is 0 Å². The average Bonchev–Trinajstić information content (AvgIpc) is 3.22. The van der Waals surface area contributed by atoms with E-state index in [4.69, 9.17) is 23.8 Å². The Morgan fingerprint density at radius 1 is 0.516 bits per heavy atom. The quantitative estimate of drug-likeness (QED) is 0.0112. The lowest BCUT2D eigenvalue weighted by atomic mass is 10.1. The Kier molecular flexibility index (Phi) is 39.1. The van der Waals surface area contributed by atoms with Crippen molar-refractivity contribution in [1.82, 2.24) is 0 Å². The Morgan fingerprint density at radius 3 is 1.58 bits per heavy atom. The van der Waals surface area contributed by atoms with Gasteiger partial charge in [-0.25, -0.2) is 9.13 Å². The minimum absolute atomic E-state index is 0.0692. The summed E-state index contributed by atoms with van der Waals surface area (Å²) in [5, 5.41) is 9.75.